The van der Waals surface area contributed by atoms with E-state index in [2.05, 4.69) is 17.1 Å². The van der Waals surface area contributed by atoms with Gasteiger partial charge in [-0.2, -0.15) is 0 Å². The number of methoxy groups -OCH3 is 1. The van der Waals surface area contributed by atoms with E-state index in [1.165, 1.54) is 0 Å². The molecule has 1 aliphatic heterocycles. The van der Waals surface area contributed by atoms with Crippen molar-refractivity contribution >= 4 is 11.6 Å². The van der Waals surface area contributed by atoms with Gasteiger partial charge in [-0.05, 0) is 38.4 Å². The third kappa shape index (κ3) is 3.78. The van der Waals surface area contributed by atoms with Crippen LogP contribution in [0.2, 0.25) is 0 Å². The first kappa shape index (κ1) is 16.8. The van der Waals surface area contributed by atoms with Crippen LogP contribution in [0, 0.1) is 5.41 Å². The van der Waals surface area contributed by atoms with Crippen molar-refractivity contribution in [1.82, 2.24) is 4.90 Å². The number of ether oxygens (including phenoxy) is 1. The normalized spacial score (nSPS) is 23.8. The predicted molar refractivity (Wildman–Crippen MR) is 87.1 cm³/mol. The number of nitrogens with one attached hydrogen (secondary N) is 1. The second-order valence-corrected chi connectivity index (χ2v) is 6.41. The van der Waals surface area contributed by atoms with Crippen molar-refractivity contribution in [1.29, 1.82) is 0 Å². The Kier molecular flexibility index (Phi) is 5.42. The highest BCUT2D eigenvalue weighted by Crippen LogP contribution is 2.30. The monoisotopic (exact) mass is 306 g/mol. The molecule has 0 aromatic heterocycles. The number of piperidine rings is 1. The fraction of sp³-hybridized carbons (Fsp3) is 0.588. The molecular weight excluding hydrogens is 280 g/mol. The molecule has 1 aromatic rings. The molecule has 0 aliphatic carbocycles. The number of amides is 1. The summed E-state index contributed by atoms with van der Waals surface area (Å²) in [5, 5.41) is 12.5. The first-order chi connectivity index (χ1) is 10.5. The molecule has 1 aliphatic rings. The minimum Gasteiger partial charge on any atom is -0.495 e. The Morgan fingerprint density at radius 3 is 2.91 bits per heavy atom. The summed E-state index contributed by atoms with van der Waals surface area (Å²) < 4.78 is 5.26. The maximum Gasteiger partial charge on any atom is 0.241 e. The van der Waals surface area contributed by atoms with Gasteiger partial charge in [-0.15, -0.1) is 0 Å². The molecule has 2 N–H and O–H groups in total. The minimum absolute atomic E-state index is 0.0494. The first-order valence-corrected chi connectivity index (χ1v) is 7.78. The molecule has 122 valence electrons. The third-order valence-electron chi connectivity index (χ3n) is 4.48. The van der Waals surface area contributed by atoms with E-state index < -0.39 is 0 Å². The number of hydrogen-bond acceptors (Lipinski definition) is 4. The standard InChI is InChI=1S/C17H26N2O3/c1-13(19-10-6-9-17(2,11-19)12-20)16(21)18-14-7-4-5-8-15(14)22-3/h4-5,7-8,13,20H,6,9-12H2,1-3H3,(H,18,21). The van der Waals surface area contributed by atoms with Gasteiger partial charge in [0.25, 0.3) is 0 Å². The van der Waals surface area contributed by atoms with Crippen molar-refractivity contribution < 1.29 is 14.6 Å². The van der Waals surface area contributed by atoms with Crippen LogP contribution < -0.4 is 10.1 Å². The number of benzene rings is 1. The highest BCUT2D eigenvalue weighted by Gasteiger charge is 2.34. The summed E-state index contributed by atoms with van der Waals surface area (Å²) in [5.41, 5.74) is 0.570. The topological polar surface area (TPSA) is 61.8 Å². The molecule has 5 nitrogen and oxygen atoms in total. The number of hydrogen-bond donors (Lipinski definition) is 2. The lowest BCUT2D eigenvalue weighted by molar-refractivity contribution is -0.122. The lowest BCUT2D eigenvalue weighted by atomic mass is 9.82. The first-order valence-electron chi connectivity index (χ1n) is 7.78. The molecule has 2 rings (SSSR count). The van der Waals surface area contributed by atoms with Gasteiger partial charge in [-0.25, -0.2) is 0 Å². The van der Waals surface area contributed by atoms with Gasteiger partial charge in [0.15, 0.2) is 0 Å². The summed E-state index contributed by atoms with van der Waals surface area (Å²) >= 11 is 0. The maximum absolute atomic E-state index is 12.5. The summed E-state index contributed by atoms with van der Waals surface area (Å²) in [6.45, 7) is 5.77. The zero-order chi connectivity index (χ0) is 16.2. The van der Waals surface area contributed by atoms with Crippen LogP contribution in [0.4, 0.5) is 5.69 Å². The van der Waals surface area contributed by atoms with Crippen molar-refractivity contribution in [3.05, 3.63) is 24.3 Å². The second kappa shape index (κ2) is 7.11. The van der Waals surface area contributed by atoms with Gasteiger partial charge in [0.2, 0.25) is 5.91 Å². The van der Waals surface area contributed by atoms with Gasteiger partial charge < -0.3 is 15.2 Å². The van der Waals surface area contributed by atoms with Crippen LogP contribution >= 0.6 is 0 Å². The second-order valence-electron chi connectivity index (χ2n) is 6.41. The zero-order valence-electron chi connectivity index (χ0n) is 13.6. The molecule has 0 radical (unpaired) electrons. The molecule has 1 aromatic carbocycles. The van der Waals surface area contributed by atoms with Crippen LogP contribution in [0.25, 0.3) is 0 Å². The van der Waals surface area contributed by atoms with Crippen LogP contribution in [0.5, 0.6) is 5.75 Å². The Morgan fingerprint density at radius 1 is 1.50 bits per heavy atom. The number of para-hydroxylation sites is 2. The number of carbonyl (C=O) groups is 1. The zero-order valence-corrected chi connectivity index (χ0v) is 13.6. The van der Waals surface area contributed by atoms with Gasteiger partial charge in [0.1, 0.15) is 5.75 Å². The van der Waals surface area contributed by atoms with Crippen molar-refractivity contribution in [2.45, 2.75) is 32.7 Å². The number of nitrogens with zero attached hydrogens (tertiary/aromatic N) is 1. The van der Waals surface area contributed by atoms with Crippen LogP contribution in [-0.4, -0.2) is 48.8 Å². The van der Waals surface area contributed by atoms with Gasteiger partial charge >= 0.3 is 0 Å². The van der Waals surface area contributed by atoms with Crippen molar-refractivity contribution in [3.63, 3.8) is 0 Å². The summed E-state index contributed by atoms with van der Waals surface area (Å²) in [7, 11) is 1.59. The lowest BCUT2D eigenvalue weighted by Crippen LogP contribution is -2.51. The SMILES string of the molecule is COc1ccccc1NC(=O)C(C)N1CCCC(C)(CO)C1. The average molecular weight is 306 g/mol. The van der Waals surface area contributed by atoms with Crippen molar-refractivity contribution in [2.75, 3.05) is 32.1 Å². The number of aliphatic hydroxyl groups excluding tert-OH is 1. The molecular formula is C17H26N2O3. The molecule has 1 fully saturated rings. The van der Waals surface area contributed by atoms with E-state index in [4.69, 9.17) is 4.74 Å². The number of carbonyl (C=O) groups excluding carboxylic acids is 1. The van der Waals surface area contributed by atoms with Crippen molar-refractivity contribution in [2.24, 2.45) is 5.41 Å². The van der Waals surface area contributed by atoms with Crippen LogP contribution in [0.1, 0.15) is 26.7 Å². The Hall–Kier alpha value is -1.59. The Bertz CT molecular complexity index is 520. The molecule has 0 saturated carbocycles. The molecule has 1 saturated heterocycles. The van der Waals surface area contributed by atoms with E-state index in [9.17, 15) is 9.90 Å². The van der Waals surface area contributed by atoms with E-state index >= 15 is 0 Å². The molecule has 1 heterocycles. The minimum atomic E-state index is -0.240. The van der Waals surface area contributed by atoms with E-state index in [1.807, 2.05) is 31.2 Å². The highest BCUT2D eigenvalue weighted by molar-refractivity contribution is 5.95. The quantitative estimate of drug-likeness (QED) is 0.875. The van der Waals surface area contributed by atoms with Crippen LogP contribution in [0.3, 0.4) is 0 Å². The van der Waals surface area contributed by atoms with Crippen LogP contribution in [-0.2, 0) is 4.79 Å². The van der Waals surface area contributed by atoms with Gasteiger partial charge in [0.05, 0.1) is 18.8 Å². The van der Waals surface area contributed by atoms with E-state index in [1.54, 1.807) is 7.11 Å². The number of anilines is 1. The lowest BCUT2D eigenvalue weighted by Gasteiger charge is -2.41. The molecule has 0 spiro atoms. The summed E-state index contributed by atoms with van der Waals surface area (Å²) in [4.78, 5) is 14.7. The van der Waals surface area contributed by atoms with E-state index in [0.29, 0.717) is 11.4 Å². The fourth-order valence-corrected chi connectivity index (χ4v) is 2.97. The smallest absolute Gasteiger partial charge is 0.241 e. The Labute approximate surface area is 132 Å². The average Bonchev–Trinajstić information content (AvgIpc) is 2.54. The maximum atomic E-state index is 12.5. The highest BCUT2D eigenvalue weighted by atomic mass is 16.5. The van der Waals surface area contributed by atoms with Crippen LogP contribution in [0.15, 0.2) is 24.3 Å². The summed E-state index contributed by atoms with van der Waals surface area (Å²) in [5.74, 6) is 0.605. The van der Waals surface area contributed by atoms with Crippen molar-refractivity contribution in [3.8, 4) is 5.75 Å². The van der Waals surface area contributed by atoms with E-state index in [-0.39, 0.29) is 24.0 Å². The predicted octanol–water partition coefficient (Wildman–Crippen LogP) is 2.12. The Morgan fingerprint density at radius 2 is 2.23 bits per heavy atom. The van der Waals surface area contributed by atoms with Gasteiger partial charge in [0, 0.05) is 18.6 Å². The number of aliphatic hydroxyl groups is 1. The molecule has 5 heteroatoms. The summed E-state index contributed by atoms with van der Waals surface area (Å²) in [6.07, 6.45) is 2.00. The van der Waals surface area contributed by atoms with E-state index in [0.717, 1.165) is 25.9 Å². The number of likely N-dealkylation sites (tertiary alicyclic amines) is 1. The molecule has 2 unspecified atom stereocenters. The Balaban J connectivity index is 2.03. The van der Waals surface area contributed by atoms with Gasteiger partial charge in [-0.1, -0.05) is 19.1 Å². The molecule has 1 amide bonds. The number of rotatable bonds is 5. The molecule has 2 atom stereocenters. The van der Waals surface area contributed by atoms with Gasteiger partial charge in [-0.3, -0.25) is 9.69 Å². The molecule has 0 bridgehead atoms. The third-order valence-corrected chi connectivity index (χ3v) is 4.48. The molecule has 22 heavy (non-hydrogen) atoms. The summed E-state index contributed by atoms with van der Waals surface area (Å²) in [6, 6.07) is 7.15. The fourth-order valence-electron chi connectivity index (χ4n) is 2.97. The largest absolute Gasteiger partial charge is 0.495 e.